The van der Waals surface area contributed by atoms with E-state index in [1.54, 1.807) is 24.3 Å². The number of rotatable bonds is 3. The number of aromatic nitrogens is 3. The monoisotopic (exact) mass is 410 g/mol. The summed E-state index contributed by atoms with van der Waals surface area (Å²) < 4.78 is 40.2. The van der Waals surface area contributed by atoms with Crippen LogP contribution < -0.4 is 5.32 Å². The summed E-state index contributed by atoms with van der Waals surface area (Å²) in [4.78, 5) is 16.0. The molecule has 2 aromatic carbocycles. The first-order chi connectivity index (χ1) is 11.8. The van der Waals surface area contributed by atoms with Crippen LogP contribution in [0, 0.1) is 0 Å². The third-order valence-electron chi connectivity index (χ3n) is 3.34. The molecule has 0 saturated heterocycles. The van der Waals surface area contributed by atoms with E-state index in [9.17, 15) is 18.0 Å². The largest absolute Gasteiger partial charge is 0.417 e. The molecule has 0 spiro atoms. The average molecular weight is 411 g/mol. The van der Waals surface area contributed by atoms with Gasteiger partial charge in [0.25, 0.3) is 5.91 Å². The highest BCUT2D eigenvalue weighted by Gasteiger charge is 2.33. The van der Waals surface area contributed by atoms with E-state index < -0.39 is 17.6 Å². The number of carbonyl (C=O) groups excluding carboxylic acids is 1. The number of anilines is 1. The van der Waals surface area contributed by atoms with Gasteiger partial charge in [0.1, 0.15) is 12.7 Å². The maximum absolute atomic E-state index is 12.9. The van der Waals surface area contributed by atoms with Crippen molar-refractivity contribution in [1.29, 1.82) is 0 Å². The zero-order valence-corrected chi connectivity index (χ0v) is 14.0. The molecule has 5 nitrogen and oxygen atoms in total. The number of benzene rings is 2. The summed E-state index contributed by atoms with van der Waals surface area (Å²) >= 11 is 2.86. The van der Waals surface area contributed by atoms with Gasteiger partial charge in [-0.3, -0.25) is 4.79 Å². The van der Waals surface area contributed by atoms with Gasteiger partial charge in [-0.1, -0.05) is 15.9 Å². The molecule has 3 rings (SSSR count). The van der Waals surface area contributed by atoms with Crippen LogP contribution in [-0.2, 0) is 6.18 Å². The van der Waals surface area contributed by atoms with Gasteiger partial charge in [0.2, 0.25) is 0 Å². The first-order valence-corrected chi connectivity index (χ1v) is 7.77. The molecule has 9 heteroatoms. The summed E-state index contributed by atoms with van der Waals surface area (Å²) in [6.45, 7) is 0. The number of nitrogens with zero attached hydrogens (tertiary/aromatic N) is 3. The number of halogens is 4. The highest BCUT2D eigenvalue weighted by molar-refractivity contribution is 9.10. The van der Waals surface area contributed by atoms with E-state index in [1.165, 1.54) is 29.5 Å². The quantitative estimate of drug-likeness (QED) is 0.699. The lowest BCUT2D eigenvalue weighted by molar-refractivity contribution is -0.138. The van der Waals surface area contributed by atoms with Crippen molar-refractivity contribution >= 4 is 27.5 Å². The molecule has 0 radical (unpaired) electrons. The Balaban J connectivity index is 1.78. The molecule has 0 saturated carbocycles. The van der Waals surface area contributed by atoms with Crippen LogP contribution in [0.25, 0.3) is 5.69 Å². The third kappa shape index (κ3) is 3.87. The van der Waals surface area contributed by atoms with Crippen LogP contribution in [0.3, 0.4) is 0 Å². The molecule has 25 heavy (non-hydrogen) atoms. The van der Waals surface area contributed by atoms with E-state index in [2.05, 4.69) is 31.3 Å². The van der Waals surface area contributed by atoms with E-state index in [1.807, 2.05) is 0 Å². The standard InChI is InChI=1S/C16H10BrF3N4O/c17-14-6-3-11(7-13(14)16(18,19)20)23-15(25)10-1-4-12(5-2-10)24-9-21-8-22-24/h1-9H,(H,23,25). The number of nitrogens with one attached hydrogen (secondary N) is 1. The summed E-state index contributed by atoms with van der Waals surface area (Å²) in [5.74, 6) is -0.513. The highest BCUT2D eigenvalue weighted by atomic mass is 79.9. The topological polar surface area (TPSA) is 59.8 Å². The van der Waals surface area contributed by atoms with E-state index in [0.29, 0.717) is 11.3 Å². The number of hydrogen-bond acceptors (Lipinski definition) is 3. The number of alkyl halides is 3. The normalized spacial score (nSPS) is 11.4. The van der Waals surface area contributed by atoms with Crippen molar-refractivity contribution in [1.82, 2.24) is 14.8 Å². The van der Waals surface area contributed by atoms with Crippen LogP contribution in [0.15, 0.2) is 59.6 Å². The van der Waals surface area contributed by atoms with Gasteiger partial charge >= 0.3 is 6.18 Å². The van der Waals surface area contributed by atoms with Crippen molar-refractivity contribution in [2.75, 3.05) is 5.32 Å². The van der Waals surface area contributed by atoms with Gasteiger partial charge in [-0.2, -0.15) is 18.3 Å². The number of carbonyl (C=O) groups is 1. The molecular weight excluding hydrogens is 401 g/mol. The first kappa shape index (κ1) is 17.2. The molecule has 3 aromatic rings. The zero-order chi connectivity index (χ0) is 18.0. The van der Waals surface area contributed by atoms with Gasteiger partial charge in [0.15, 0.2) is 0 Å². The van der Waals surface area contributed by atoms with Gasteiger partial charge in [0.05, 0.1) is 11.3 Å². The minimum atomic E-state index is -4.51. The second-order valence-electron chi connectivity index (χ2n) is 5.03. The van der Waals surface area contributed by atoms with Crippen LogP contribution in [0.1, 0.15) is 15.9 Å². The highest BCUT2D eigenvalue weighted by Crippen LogP contribution is 2.36. The van der Waals surface area contributed by atoms with Crippen molar-refractivity contribution in [3.8, 4) is 5.69 Å². The fourth-order valence-electron chi connectivity index (χ4n) is 2.13. The lowest BCUT2D eigenvalue weighted by Crippen LogP contribution is -2.13. The van der Waals surface area contributed by atoms with E-state index in [0.717, 1.165) is 6.07 Å². The maximum Gasteiger partial charge on any atom is 0.417 e. The molecule has 0 aliphatic heterocycles. The van der Waals surface area contributed by atoms with Crippen molar-refractivity contribution in [3.05, 3.63) is 70.7 Å². The lowest BCUT2D eigenvalue weighted by atomic mass is 10.1. The maximum atomic E-state index is 12.9. The SMILES string of the molecule is O=C(Nc1ccc(Br)c(C(F)(F)F)c1)c1ccc(-n2cncn2)cc1. The fourth-order valence-corrected chi connectivity index (χ4v) is 2.60. The van der Waals surface area contributed by atoms with E-state index >= 15 is 0 Å². The molecule has 1 amide bonds. The smallest absolute Gasteiger partial charge is 0.322 e. The van der Waals surface area contributed by atoms with Crippen molar-refractivity contribution < 1.29 is 18.0 Å². The van der Waals surface area contributed by atoms with Gasteiger partial charge in [-0.25, -0.2) is 9.67 Å². The first-order valence-electron chi connectivity index (χ1n) is 6.98. The van der Waals surface area contributed by atoms with E-state index in [4.69, 9.17) is 0 Å². The molecule has 0 fully saturated rings. The van der Waals surface area contributed by atoms with Crippen molar-refractivity contribution in [2.24, 2.45) is 0 Å². The summed E-state index contributed by atoms with van der Waals surface area (Å²) in [7, 11) is 0. The van der Waals surface area contributed by atoms with Crippen molar-refractivity contribution in [2.45, 2.75) is 6.18 Å². The number of amides is 1. The predicted molar refractivity (Wildman–Crippen MR) is 88.5 cm³/mol. The second-order valence-corrected chi connectivity index (χ2v) is 5.89. The Bertz CT molecular complexity index is 893. The lowest BCUT2D eigenvalue weighted by Gasteiger charge is -2.12. The van der Waals surface area contributed by atoms with E-state index in [-0.39, 0.29) is 10.2 Å². The van der Waals surface area contributed by atoms with Crippen LogP contribution in [0.2, 0.25) is 0 Å². The Morgan fingerprint density at radius 1 is 1.12 bits per heavy atom. The van der Waals surface area contributed by atoms with Crippen LogP contribution in [0.5, 0.6) is 0 Å². The molecule has 1 N–H and O–H groups in total. The molecule has 1 aromatic heterocycles. The van der Waals surface area contributed by atoms with Gasteiger partial charge in [-0.05, 0) is 42.5 Å². The van der Waals surface area contributed by atoms with Gasteiger partial charge in [0, 0.05) is 15.7 Å². The summed E-state index contributed by atoms with van der Waals surface area (Å²) in [5.41, 5.74) is 0.213. The Morgan fingerprint density at radius 3 is 2.44 bits per heavy atom. The van der Waals surface area contributed by atoms with Gasteiger partial charge < -0.3 is 5.32 Å². The molecule has 128 valence electrons. The molecule has 0 bridgehead atoms. The second kappa shape index (κ2) is 6.67. The Morgan fingerprint density at radius 2 is 1.84 bits per heavy atom. The van der Waals surface area contributed by atoms with Crippen LogP contribution >= 0.6 is 15.9 Å². The Kier molecular flexibility index (Phi) is 4.58. The van der Waals surface area contributed by atoms with Crippen LogP contribution in [0.4, 0.5) is 18.9 Å². The Labute approximate surface area is 148 Å². The zero-order valence-electron chi connectivity index (χ0n) is 12.5. The molecule has 0 aliphatic carbocycles. The summed E-state index contributed by atoms with van der Waals surface area (Å²) in [6.07, 6.45) is -1.62. The number of hydrogen-bond donors (Lipinski definition) is 1. The summed E-state index contributed by atoms with van der Waals surface area (Å²) in [6, 6.07) is 9.93. The van der Waals surface area contributed by atoms with Crippen LogP contribution in [-0.4, -0.2) is 20.7 Å². The molecular formula is C16H10BrF3N4O. The molecule has 0 aliphatic rings. The molecule has 0 atom stereocenters. The minimum absolute atomic E-state index is 0.0564. The predicted octanol–water partition coefficient (Wildman–Crippen LogP) is 4.30. The fraction of sp³-hybridized carbons (Fsp3) is 0.0625. The Hall–Kier alpha value is -2.68. The summed E-state index contributed by atoms with van der Waals surface area (Å²) in [5, 5.41) is 6.42. The molecule has 0 unspecified atom stereocenters. The third-order valence-corrected chi connectivity index (χ3v) is 4.03. The minimum Gasteiger partial charge on any atom is -0.322 e. The van der Waals surface area contributed by atoms with Crippen molar-refractivity contribution in [3.63, 3.8) is 0 Å². The van der Waals surface area contributed by atoms with Gasteiger partial charge in [-0.15, -0.1) is 0 Å². The average Bonchev–Trinajstić information content (AvgIpc) is 3.10. The molecule has 1 heterocycles.